The molecule has 1 aliphatic rings. The minimum Gasteiger partial charge on any atom is -0.338 e. The summed E-state index contributed by atoms with van der Waals surface area (Å²) in [6, 6.07) is 0.703. The number of carbonyl (C=O) groups is 1. The number of hydrogen-bond acceptors (Lipinski definition) is 5. The van der Waals surface area contributed by atoms with Crippen molar-refractivity contribution >= 4 is 5.91 Å². The minimum atomic E-state index is 0.177. The van der Waals surface area contributed by atoms with Crippen molar-refractivity contribution in [1.29, 1.82) is 0 Å². The third kappa shape index (κ3) is 4.01. The Labute approximate surface area is 126 Å². The van der Waals surface area contributed by atoms with Crippen LogP contribution in [-0.4, -0.2) is 69.2 Å². The lowest BCUT2D eigenvalue weighted by Crippen LogP contribution is -2.57. The molecule has 0 saturated carbocycles. The number of nitrogens with one attached hydrogen (secondary N) is 1. The van der Waals surface area contributed by atoms with E-state index >= 15 is 0 Å². The van der Waals surface area contributed by atoms with E-state index in [-0.39, 0.29) is 5.91 Å². The Hall–Kier alpha value is -1.47. The normalized spacial score (nSPS) is 22.9. The number of carbonyl (C=O) groups excluding carboxylic acids is 1. The van der Waals surface area contributed by atoms with Crippen molar-refractivity contribution in [2.75, 3.05) is 26.7 Å². The molecule has 2 rings (SSSR count). The summed E-state index contributed by atoms with van der Waals surface area (Å²) in [6.45, 7) is 8.74. The summed E-state index contributed by atoms with van der Waals surface area (Å²) >= 11 is 0. The van der Waals surface area contributed by atoms with Gasteiger partial charge in [-0.2, -0.15) is 0 Å². The molecule has 0 spiro atoms. The van der Waals surface area contributed by atoms with Gasteiger partial charge in [0.1, 0.15) is 11.6 Å². The van der Waals surface area contributed by atoms with Gasteiger partial charge in [-0.15, -0.1) is 10.2 Å². The van der Waals surface area contributed by atoms with Gasteiger partial charge in [0.15, 0.2) is 0 Å². The second-order valence-corrected chi connectivity index (χ2v) is 6.16. The maximum Gasteiger partial charge on any atom is 0.236 e. The zero-order chi connectivity index (χ0) is 15.6. The van der Waals surface area contributed by atoms with Crippen LogP contribution in [-0.2, 0) is 18.4 Å². The quantitative estimate of drug-likeness (QED) is 0.830. The van der Waals surface area contributed by atoms with Crippen molar-refractivity contribution < 1.29 is 4.79 Å². The molecule has 0 aromatic carbocycles. The minimum absolute atomic E-state index is 0.177. The smallest absolute Gasteiger partial charge is 0.236 e. The zero-order valence-corrected chi connectivity index (χ0v) is 13.6. The van der Waals surface area contributed by atoms with Gasteiger partial charge < -0.3 is 14.8 Å². The molecule has 1 aliphatic heterocycles. The molecule has 2 unspecified atom stereocenters. The summed E-state index contributed by atoms with van der Waals surface area (Å²) in [5.74, 6) is 1.94. The monoisotopic (exact) mass is 294 g/mol. The second-order valence-electron chi connectivity index (χ2n) is 6.16. The van der Waals surface area contributed by atoms with Crippen LogP contribution >= 0.6 is 0 Å². The molecule has 21 heavy (non-hydrogen) atoms. The number of amides is 1. The molecule has 0 radical (unpaired) electrons. The van der Waals surface area contributed by atoms with E-state index in [2.05, 4.69) is 29.4 Å². The first-order valence-electron chi connectivity index (χ1n) is 7.44. The van der Waals surface area contributed by atoms with Gasteiger partial charge in [0.2, 0.25) is 5.91 Å². The molecular formula is C14H26N6O. The fraction of sp³-hybridized carbons (Fsp3) is 0.786. The van der Waals surface area contributed by atoms with Crippen LogP contribution in [0, 0.1) is 6.92 Å². The van der Waals surface area contributed by atoms with Gasteiger partial charge in [-0.25, -0.2) is 0 Å². The van der Waals surface area contributed by atoms with Gasteiger partial charge in [0, 0.05) is 32.2 Å². The average molecular weight is 294 g/mol. The SMILES string of the molecule is Cc1nnc(CN(C)CC(=O)N2CC(C)NC(C)C2)n1C. The van der Waals surface area contributed by atoms with E-state index in [0.29, 0.717) is 25.2 Å². The molecule has 1 fully saturated rings. The predicted octanol–water partition coefficient (Wildman–Crippen LogP) is -0.236. The first-order valence-corrected chi connectivity index (χ1v) is 7.44. The Morgan fingerprint density at radius 3 is 2.48 bits per heavy atom. The van der Waals surface area contributed by atoms with E-state index in [1.807, 2.05) is 35.4 Å². The maximum atomic E-state index is 12.4. The van der Waals surface area contributed by atoms with Crippen molar-refractivity contribution in [1.82, 2.24) is 29.9 Å². The molecule has 1 aromatic rings. The van der Waals surface area contributed by atoms with Gasteiger partial charge in [0.25, 0.3) is 0 Å². The molecule has 7 nitrogen and oxygen atoms in total. The van der Waals surface area contributed by atoms with Gasteiger partial charge in [0.05, 0.1) is 13.1 Å². The third-order valence-electron chi connectivity index (χ3n) is 3.91. The summed E-state index contributed by atoms with van der Waals surface area (Å²) < 4.78 is 1.95. The summed E-state index contributed by atoms with van der Waals surface area (Å²) in [7, 11) is 3.89. The van der Waals surface area contributed by atoms with Crippen molar-refractivity contribution in [2.24, 2.45) is 7.05 Å². The lowest BCUT2D eigenvalue weighted by Gasteiger charge is -2.36. The van der Waals surface area contributed by atoms with Crippen LogP contribution in [0.4, 0.5) is 0 Å². The first kappa shape index (κ1) is 15.9. The highest BCUT2D eigenvalue weighted by molar-refractivity contribution is 5.78. The van der Waals surface area contributed by atoms with Crippen LogP contribution in [0.5, 0.6) is 0 Å². The van der Waals surface area contributed by atoms with Crippen LogP contribution in [0.15, 0.2) is 0 Å². The Kier molecular flexibility index (Phi) is 4.95. The summed E-state index contributed by atoms with van der Waals surface area (Å²) in [5.41, 5.74) is 0. The highest BCUT2D eigenvalue weighted by atomic mass is 16.2. The highest BCUT2D eigenvalue weighted by Crippen LogP contribution is 2.06. The Morgan fingerprint density at radius 1 is 1.33 bits per heavy atom. The van der Waals surface area contributed by atoms with E-state index < -0.39 is 0 Å². The largest absolute Gasteiger partial charge is 0.338 e. The van der Waals surface area contributed by atoms with Gasteiger partial charge in [-0.05, 0) is 27.8 Å². The number of rotatable bonds is 4. The van der Waals surface area contributed by atoms with Crippen molar-refractivity contribution in [3.05, 3.63) is 11.6 Å². The average Bonchev–Trinajstić information content (AvgIpc) is 2.69. The predicted molar refractivity (Wildman–Crippen MR) is 80.7 cm³/mol. The number of likely N-dealkylation sites (N-methyl/N-ethyl adjacent to an activating group) is 1. The van der Waals surface area contributed by atoms with Crippen LogP contribution < -0.4 is 5.32 Å². The molecule has 2 atom stereocenters. The van der Waals surface area contributed by atoms with Crippen LogP contribution in [0.1, 0.15) is 25.5 Å². The molecule has 0 bridgehead atoms. The molecule has 0 aliphatic carbocycles. The Morgan fingerprint density at radius 2 is 1.95 bits per heavy atom. The topological polar surface area (TPSA) is 66.3 Å². The van der Waals surface area contributed by atoms with E-state index in [1.165, 1.54) is 0 Å². The molecule has 118 valence electrons. The number of piperazine rings is 1. The summed E-state index contributed by atoms with van der Waals surface area (Å²) in [6.07, 6.45) is 0. The number of nitrogens with zero attached hydrogens (tertiary/aromatic N) is 5. The number of aryl methyl sites for hydroxylation is 1. The Balaban J connectivity index is 1.88. The Bertz CT molecular complexity index is 490. The standard InChI is InChI=1S/C14H26N6O/c1-10-6-20(7-11(2)15-10)14(21)9-18(4)8-13-17-16-12(3)19(13)5/h10-11,15H,6-9H2,1-5H3. The van der Waals surface area contributed by atoms with Gasteiger partial charge in [-0.1, -0.05) is 0 Å². The molecule has 1 N–H and O–H groups in total. The highest BCUT2D eigenvalue weighted by Gasteiger charge is 2.25. The maximum absolute atomic E-state index is 12.4. The zero-order valence-electron chi connectivity index (χ0n) is 13.6. The van der Waals surface area contributed by atoms with Crippen molar-refractivity contribution in [3.63, 3.8) is 0 Å². The van der Waals surface area contributed by atoms with Gasteiger partial charge >= 0.3 is 0 Å². The molecule has 1 amide bonds. The van der Waals surface area contributed by atoms with Crippen molar-refractivity contribution in [3.8, 4) is 0 Å². The van der Waals surface area contributed by atoms with E-state index in [1.54, 1.807) is 0 Å². The fourth-order valence-corrected chi connectivity index (χ4v) is 2.75. The molecular weight excluding hydrogens is 268 g/mol. The number of hydrogen-bond donors (Lipinski definition) is 1. The molecule has 2 heterocycles. The second kappa shape index (κ2) is 6.53. The molecule has 1 aromatic heterocycles. The molecule has 1 saturated heterocycles. The van der Waals surface area contributed by atoms with Crippen LogP contribution in [0.25, 0.3) is 0 Å². The lowest BCUT2D eigenvalue weighted by atomic mass is 10.1. The van der Waals surface area contributed by atoms with E-state index in [4.69, 9.17) is 0 Å². The van der Waals surface area contributed by atoms with Gasteiger partial charge in [-0.3, -0.25) is 9.69 Å². The summed E-state index contributed by atoms with van der Waals surface area (Å²) in [5, 5.41) is 11.6. The van der Waals surface area contributed by atoms with E-state index in [9.17, 15) is 4.79 Å². The summed E-state index contributed by atoms with van der Waals surface area (Å²) in [4.78, 5) is 16.3. The lowest BCUT2D eigenvalue weighted by molar-refractivity contribution is -0.134. The van der Waals surface area contributed by atoms with Crippen LogP contribution in [0.3, 0.4) is 0 Å². The molecule has 7 heteroatoms. The first-order chi connectivity index (χ1) is 9.86. The van der Waals surface area contributed by atoms with E-state index in [0.717, 1.165) is 24.7 Å². The van der Waals surface area contributed by atoms with Crippen LogP contribution in [0.2, 0.25) is 0 Å². The fourth-order valence-electron chi connectivity index (χ4n) is 2.75. The number of aromatic nitrogens is 3. The third-order valence-corrected chi connectivity index (χ3v) is 3.91. The van der Waals surface area contributed by atoms with Crippen molar-refractivity contribution in [2.45, 2.75) is 39.4 Å².